The molecule has 4 nitrogen and oxygen atoms in total. The molecule has 0 spiro atoms. The molecule has 1 heterocycles. The quantitative estimate of drug-likeness (QED) is 0.799. The number of nitrogens with one attached hydrogen (secondary N) is 1. The Morgan fingerprint density at radius 1 is 1.67 bits per heavy atom. The molecule has 0 bridgehead atoms. The van der Waals surface area contributed by atoms with Crippen molar-refractivity contribution >= 4 is 5.91 Å². The lowest BCUT2D eigenvalue weighted by Crippen LogP contribution is -2.36. The first-order valence-electron chi connectivity index (χ1n) is 5.14. The number of carbonyl (C=O) groups excluding carboxylic acids is 1. The van der Waals surface area contributed by atoms with Crippen LogP contribution in [0.3, 0.4) is 0 Å². The number of likely N-dealkylation sites (N-methyl/N-ethyl adjacent to an activating group) is 1. The van der Waals surface area contributed by atoms with Gasteiger partial charge in [0.1, 0.15) is 0 Å². The molecular formula is C11H18N2O2. The van der Waals surface area contributed by atoms with E-state index in [1.807, 2.05) is 19.9 Å². The molecule has 1 unspecified atom stereocenters. The zero-order valence-corrected chi connectivity index (χ0v) is 9.49. The van der Waals surface area contributed by atoms with Crippen molar-refractivity contribution in [1.29, 1.82) is 0 Å². The molecule has 1 rings (SSSR count). The van der Waals surface area contributed by atoms with E-state index >= 15 is 0 Å². The van der Waals surface area contributed by atoms with E-state index in [0.29, 0.717) is 6.54 Å². The van der Waals surface area contributed by atoms with E-state index in [-0.39, 0.29) is 11.9 Å². The third kappa shape index (κ3) is 3.40. The Morgan fingerprint density at radius 3 is 2.93 bits per heavy atom. The first-order chi connectivity index (χ1) is 7.15. The van der Waals surface area contributed by atoms with Crippen LogP contribution in [0.2, 0.25) is 0 Å². The molecule has 0 fully saturated rings. The molecule has 0 aliphatic rings. The van der Waals surface area contributed by atoms with E-state index in [4.69, 9.17) is 4.42 Å². The third-order valence-corrected chi connectivity index (χ3v) is 2.50. The zero-order valence-electron chi connectivity index (χ0n) is 9.49. The van der Waals surface area contributed by atoms with Gasteiger partial charge in [0.15, 0.2) is 0 Å². The minimum absolute atomic E-state index is 0.104. The average molecular weight is 210 g/mol. The average Bonchev–Trinajstić information content (AvgIpc) is 2.77. The van der Waals surface area contributed by atoms with Crippen molar-refractivity contribution in [2.75, 3.05) is 20.1 Å². The lowest BCUT2D eigenvalue weighted by atomic mass is 10.2. The first kappa shape index (κ1) is 11.8. The SMILES string of the molecule is CCN(C)C(=O)CNC(C)c1ccoc1. The molecule has 4 heteroatoms. The van der Waals surface area contributed by atoms with Crippen molar-refractivity contribution in [1.82, 2.24) is 10.2 Å². The predicted octanol–water partition coefficient (Wildman–Crippen LogP) is 1.41. The highest BCUT2D eigenvalue weighted by Gasteiger charge is 2.10. The number of furan rings is 1. The number of hydrogen-bond donors (Lipinski definition) is 1. The van der Waals surface area contributed by atoms with Gasteiger partial charge in [0.05, 0.1) is 19.1 Å². The molecule has 1 aromatic heterocycles. The number of amides is 1. The van der Waals surface area contributed by atoms with Crippen LogP contribution >= 0.6 is 0 Å². The number of rotatable bonds is 5. The molecule has 0 saturated carbocycles. The Bertz CT molecular complexity index is 296. The van der Waals surface area contributed by atoms with Gasteiger partial charge in [-0.25, -0.2) is 0 Å². The maximum absolute atomic E-state index is 11.5. The van der Waals surface area contributed by atoms with Gasteiger partial charge < -0.3 is 14.6 Å². The molecule has 1 atom stereocenters. The van der Waals surface area contributed by atoms with Gasteiger partial charge in [-0.2, -0.15) is 0 Å². The normalized spacial score (nSPS) is 12.5. The van der Waals surface area contributed by atoms with E-state index in [1.165, 1.54) is 0 Å². The van der Waals surface area contributed by atoms with E-state index in [2.05, 4.69) is 5.32 Å². The smallest absolute Gasteiger partial charge is 0.236 e. The van der Waals surface area contributed by atoms with Gasteiger partial charge in [-0.15, -0.1) is 0 Å². The highest BCUT2D eigenvalue weighted by atomic mass is 16.3. The summed E-state index contributed by atoms with van der Waals surface area (Å²) in [6.45, 7) is 5.05. The lowest BCUT2D eigenvalue weighted by molar-refractivity contribution is -0.128. The minimum atomic E-state index is 0.104. The van der Waals surface area contributed by atoms with Gasteiger partial charge in [-0.1, -0.05) is 0 Å². The van der Waals surface area contributed by atoms with Crippen LogP contribution in [0.15, 0.2) is 23.0 Å². The molecule has 84 valence electrons. The van der Waals surface area contributed by atoms with Crippen molar-refractivity contribution in [3.05, 3.63) is 24.2 Å². The van der Waals surface area contributed by atoms with Gasteiger partial charge in [0.2, 0.25) is 5.91 Å². The second kappa shape index (κ2) is 5.56. The minimum Gasteiger partial charge on any atom is -0.472 e. The summed E-state index contributed by atoms with van der Waals surface area (Å²) >= 11 is 0. The van der Waals surface area contributed by atoms with Crippen LogP contribution in [0.4, 0.5) is 0 Å². The summed E-state index contributed by atoms with van der Waals surface area (Å²) < 4.78 is 4.98. The van der Waals surface area contributed by atoms with E-state index in [9.17, 15) is 4.79 Å². The van der Waals surface area contributed by atoms with Gasteiger partial charge in [-0.3, -0.25) is 4.79 Å². The molecule has 0 radical (unpaired) electrons. The van der Waals surface area contributed by atoms with Gasteiger partial charge in [-0.05, 0) is 19.9 Å². The van der Waals surface area contributed by atoms with Crippen LogP contribution in [0.5, 0.6) is 0 Å². The van der Waals surface area contributed by atoms with Crippen molar-refractivity contribution < 1.29 is 9.21 Å². The van der Waals surface area contributed by atoms with Crippen LogP contribution in [-0.2, 0) is 4.79 Å². The Labute approximate surface area is 90.3 Å². The fourth-order valence-corrected chi connectivity index (χ4v) is 1.19. The molecule has 0 aliphatic heterocycles. The summed E-state index contributed by atoms with van der Waals surface area (Å²) in [6.07, 6.45) is 3.32. The Morgan fingerprint density at radius 2 is 2.40 bits per heavy atom. The Balaban J connectivity index is 2.34. The first-order valence-corrected chi connectivity index (χ1v) is 5.14. The van der Waals surface area contributed by atoms with Crippen LogP contribution < -0.4 is 5.32 Å². The molecule has 0 aromatic carbocycles. The third-order valence-electron chi connectivity index (χ3n) is 2.50. The molecule has 15 heavy (non-hydrogen) atoms. The lowest BCUT2D eigenvalue weighted by Gasteiger charge is -2.17. The molecule has 1 N–H and O–H groups in total. The summed E-state index contributed by atoms with van der Waals surface area (Å²) in [5.74, 6) is 0.104. The molecule has 1 aromatic rings. The highest BCUT2D eigenvalue weighted by Crippen LogP contribution is 2.11. The monoisotopic (exact) mass is 210 g/mol. The summed E-state index contributed by atoms with van der Waals surface area (Å²) in [4.78, 5) is 13.2. The summed E-state index contributed by atoms with van der Waals surface area (Å²) in [5, 5.41) is 3.15. The molecule has 0 aliphatic carbocycles. The van der Waals surface area contributed by atoms with E-state index < -0.39 is 0 Å². The molecular weight excluding hydrogens is 192 g/mol. The van der Waals surface area contributed by atoms with E-state index in [0.717, 1.165) is 12.1 Å². The fraction of sp³-hybridized carbons (Fsp3) is 0.545. The van der Waals surface area contributed by atoms with Crippen molar-refractivity contribution in [3.63, 3.8) is 0 Å². The zero-order chi connectivity index (χ0) is 11.3. The summed E-state index contributed by atoms with van der Waals surface area (Å²) in [6, 6.07) is 2.03. The fourth-order valence-electron chi connectivity index (χ4n) is 1.19. The van der Waals surface area contributed by atoms with E-state index in [1.54, 1.807) is 24.5 Å². The van der Waals surface area contributed by atoms with Crippen molar-refractivity contribution in [3.8, 4) is 0 Å². The van der Waals surface area contributed by atoms with Crippen LogP contribution in [0.25, 0.3) is 0 Å². The standard InChI is InChI=1S/C11H18N2O2/c1-4-13(3)11(14)7-12-9(2)10-5-6-15-8-10/h5-6,8-9,12H,4,7H2,1-3H3. The van der Waals surface area contributed by atoms with Gasteiger partial charge >= 0.3 is 0 Å². The summed E-state index contributed by atoms with van der Waals surface area (Å²) in [7, 11) is 1.80. The highest BCUT2D eigenvalue weighted by molar-refractivity contribution is 5.77. The van der Waals surface area contributed by atoms with Crippen molar-refractivity contribution in [2.24, 2.45) is 0 Å². The largest absolute Gasteiger partial charge is 0.472 e. The topological polar surface area (TPSA) is 45.5 Å². The number of hydrogen-bond acceptors (Lipinski definition) is 3. The molecule has 1 amide bonds. The Kier molecular flexibility index (Phi) is 4.37. The second-order valence-electron chi connectivity index (χ2n) is 3.57. The predicted molar refractivity (Wildman–Crippen MR) is 58.4 cm³/mol. The second-order valence-corrected chi connectivity index (χ2v) is 3.57. The summed E-state index contributed by atoms with van der Waals surface area (Å²) in [5.41, 5.74) is 1.06. The Hall–Kier alpha value is -1.29. The number of carbonyl (C=O) groups is 1. The van der Waals surface area contributed by atoms with Gasteiger partial charge in [0, 0.05) is 25.2 Å². The van der Waals surface area contributed by atoms with Crippen LogP contribution in [-0.4, -0.2) is 30.9 Å². The van der Waals surface area contributed by atoms with Crippen LogP contribution in [0, 0.1) is 0 Å². The maximum Gasteiger partial charge on any atom is 0.236 e. The van der Waals surface area contributed by atoms with Crippen molar-refractivity contribution in [2.45, 2.75) is 19.9 Å². The maximum atomic E-state index is 11.5. The number of nitrogens with zero attached hydrogens (tertiary/aromatic N) is 1. The van der Waals surface area contributed by atoms with Crippen LogP contribution in [0.1, 0.15) is 25.5 Å². The van der Waals surface area contributed by atoms with Gasteiger partial charge in [0.25, 0.3) is 0 Å². The molecule has 0 saturated heterocycles.